The molecule has 0 aliphatic heterocycles. The van der Waals surface area contributed by atoms with Crippen LogP contribution in [0.3, 0.4) is 0 Å². The summed E-state index contributed by atoms with van der Waals surface area (Å²) in [6.45, 7) is 0. The van der Waals surface area contributed by atoms with Crippen molar-refractivity contribution < 1.29 is 22.6 Å². The molecule has 4 nitrogen and oxygen atoms in total. The van der Waals surface area contributed by atoms with Crippen LogP contribution in [0.4, 0.5) is 13.2 Å². The fourth-order valence-electron chi connectivity index (χ4n) is 1.09. The summed E-state index contributed by atoms with van der Waals surface area (Å²) in [6, 6.07) is 3.71. The third kappa shape index (κ3) is 3.95. The number of benzene rings is 1. The Morgan fingerprint density at radius 2 is 2.00 bits per heavy atom. The van der Waals surface area contributed by atoms with E-state index in [1.54, 1.807) is 0 Å². The maximum Gasteiger partial charge on any atom is 0.573 e. The molecule has 0 N–H and O–H groups in total. The molecular formula is C9H3BrClF3N2O2S. The van der Waals surface area contributed by atoms with E-state index in [0.29, 0.717) is 0 Å². The normalized spacial score (nSPS) is 11.4. The molecule has 0 saturated carbocycles. The highest BCUT2D eigenvalue weighted by Crippen LogP contribution is 2.35. The molecule has 0 radical (unpaired) electrons. The van der Waals surface area contributed by atoms with E-state index >= 15 is 0 Å². The van der Waals surface area contributed by atoms with Crippen LogP contribution in [0.25, 0.3) is 0 Å². The third-order valence-electron chi connectivity index (χ3n) is 1.76. The van der Waals surface area contributed by atoms with Gasteiger partial charge in [0.1, 0.15) is 11.5 Å². The van der Waals surface area contributed by atoms with Gasteiger partial charge in [-0.1, -0.05) is 11.6 Å². The summed E-state index contributed by atoms with van der Waals surface area (Å²) in [5.41, 5.74) is 0. The predicted octanol–water partition coefficient (Wildman–Crippen LogP) is 4.64. The summed E-state index contributed by atoms with van der Waals surface area (Å²) >= 11 is 9.48. The van der Waals surface area contributed by atoms with Gasteiger partial charge in [0.2, 0.25) is 5.15 Å². The molecule has 0 bridgehead atoms. The predicted molar refractivity (Wildman–Crippen MR) is 65.8 cm³/mol. The van der Waals surface area contributed by atoms with Gasteiger partial charge in [-0.2, -0.15) is 4.37 Å². The smallest absolute Gasteiger partial charge is 0.436 e. The van der Waals surface area contributed by atoms with Gasteiger partial charge in [0.25, 0.3) is 5.88 Å². The lowest BCUT2D eigenvalue weighted by atomic mass is 10.3. The monoisotopic (exact) mass is 374 g/mol. The zero-order valence-electron chi connectivity index (χ0n) is 8.74. The molecular weight excluding hydrogens is 373 g/mol. The number of alkyl halides is 3. The summed E-state index contributed by atoms with van der Waals surface area (Å²) in [5.74, 6) is -0.0404. The highest BCUT2D eigenvalue weighted by molar-refractivity contribution is 9.10. The molecule has 2 aromatic rings. The summed E-state index contributed by atoms with van der Waals surface area (Å²) in [6.07, 6.45) is -4.76. The van der Waals surface area contributed by atoms with Crippen LogP contribution in [0.15, 0.2) is 22.7 Å². The molecule has 0 amide bonds. The highest BCUT2D eigenvalue weighted by Gasteiger charge is 2.32. The lowest BCUT2D eigenvalue weighted by Gasteiger charge is -2.11. The third-order valence-corrected chi connectivity index (χ3v) is 3.24. The molecule has 0 fully saturated rings. The van der Waals surface area contributed by atoms with Crippen LogP contribution >= 0.6 is 39.3 Å². The van der Waals surface area contributed by atoms with Crippen molar-refractivity contribution in [2.75, 3.05) is 0 Å². The molecule has 0 spiro atoms. The van der Waals surface area contributed by atoms with Crippen molar-refractivity contribution in [3.63, 3.8) is 0 Å². The maximum absolute atomic E-state index is 12.1. The maximum atomic E-state index is 12.1. The fraction of sp³-hybridized carbons (Fsp3) is 0.111. The largest absolute Gasteiger partial charge is 0.573 e. The minimum Gasteiger partial charge on any atom is -0.436 e. The van der Waals surface area contributed by atoms with E-state index in [2.05, 4.69) is 29.4 Å². The van der Waals surface area contributed by atoms with Gasteiger partial charge < -0.3 is 9.47 Å². The van der Waals surface area contributed by atoms with Gasteiger partial charge in [0.05, 0.1) is 16.2 Å². The van der Waals surface area contributed by atoms with Gasteiger partial charge in [-0.25, -0.2) is 0 Å². The average Bonchev–Trinajstić information content (AvgIpc) is 2.67. The molecule has 19 heavy (non-hydrogen) atoms. The van der Waals surface area contributed by atoms with E-state index in [1.165, 1.54) is 12.1 Å². The Morgan fingerprint density at radius 3 is 2.53 bits per heavy atom. The first-order valence-corrected chi connectivity index (χ1v) is 6.46. The molecule has 0 unspecified atom stereocenters. The molecule has 102 valence electrons. The molecule has 0 aliphatic carbocycles. The number of halogens is 5. The number of aromatic nitrogens is 2. The fourth-order valence-corrected chi connectivity index (χ4v) is 2.15. The SMILES string of the molecule is FC(F)(F)Oc1ccc(Oc2nsnc2Cl)cc1Br. The summed E-state index contributed by atoms with van der Waals surface area (Å²) in [7, 11) is 0. The van der Waals surface area contributed by atoms with Crippen LogP contribution < -0.4 is 9.47 Å². The number of hydrogen-bond acceptors (Lipinski definition) is 5. The van der Waals surface area contributed by atoms with Crippen molar-refractivity contribution in [1.29, 1.82) is 0 Å². The topological polar surface area (TPSA) is 44.2 Å². The Morgan fingerprint density at radius 1 is 1.26 bits per heavy atom. The Balaban J connectivity index is 2.17. The van der Waals surface area contributed by atoms with Crippen molar-refractivity contribution >= 4 is 39.3 Å². The number of rotatable bonds is 3. The van der Waals surface area contributed by atoms with Gasteiger partial charge in [-0.05, 0) is 34.1 Å². The Bertz CT molecular complexity index is 593. The van der Waals surface area contributed by atoms with Crippen LogP contribution in [0.2, 0.25) is 5.15 Å². The second kappa shape index (κ2) is 5.51. The van der Waals surface area contributed by atoms with Crippen LogP contribution in [-0.2, 0) is 0 Å². The van der Waals surface area contributed by atoms with Crippen LogP contribution in [-0.4, -0.2) is 15.1 Å². The van der Waals surface area contributed by atoms with Gasteiger partial charge >= 0.3 is 6.36 Å². The summed E-state index contributed by atoms with van der Waals surface area (Å²) in [5, 5.41) is 0.0803. The Hall–Kier alpha value is -1.06. The van der Waals surface area contributed by atoms with E-state index in [1.807, 2.05) is 0 Å². The van der Waals surface area contributed by atoms with Crippen molar-refractivity contribution in [1.82, 2.24) is 8.75 Å². The lowest BCUT2D eigenvalue weighted by Crippen LogP contribution is -2.17. The first kappa shape index (κ1) is 14.4. The molecule has 1 aromatic carbocycles. The highest BCUT2D eigenvalue weighted by atomic mass is 79.9. The van der Waals surface area contributed by atoms with Crippen molar-refractivity contribution in [3.05, 3.63) is 27.8 Å². The van der Waals surface area contributed by atoms with Crippen LogP contribution in [0.1, 0.15) is 0 Å². The number of nitrogens with zero attached hydrogens (tertiary/aromatic N) is 2. The van der Waals surface area contributed by atoms with E-state index in [-0.39, 0.29) is 27.0 Å². The zero-order valence-corrected chi connectivity index (χ0v) is 11.9. The summed E-state index contributed by atoms with van der Waals surface area (Å²) in [4.78, 5) is 0. The van der Waals surface area contributed by atoms with E-state index in [0.717, 1.165) is 17.8 Å². The van der Waals surface area contributed by atoms with E-state index < -0.39 is 6.36 Å². The minimum atomic E-state index is -4.76. The molecule has 0 saturated heterocycles. The Labute approximate surface area is 122 Å². The molecule has 2 rings (SSSR count). The van der Waals surface area contributed by atoms with Gasteiger partial charge in [0, 0.05) is 0 Å². The molecule has 1 aromatic heterocycles. The molecule has 10 heteroatoms. The quantitative estimate of drug-likeness (QED) is 0.783. The van der Waals surface area contributed by atoms with Gasteiger partial charge in [0.15, 0.2) is 0 Å². The number of hydrogen-bond donors (Lipinski definition) is 0. The van der Waals surface area contributed by atoms with E-state index in [4.69, 9.17) is 16.3 Å². The van der Waals surface area contributed by atoms with Crippen molar-refractivity contribution in [2.45, 2.75) is 6.36 Å². The van der Waals surface area contributed by atoms with Crippen LogP contribution in [0.5, 0.6) is 17.4 Å². The van der Waals surface area contributed by atoms with E-state index in [9.17, 15) is 13.2 Å². The standard InChI is InChI=1S/C9H3BrClF3N2O2S/c10-5-3-4(17-8-7(11)15-19-16-8)1-2-6(5)18-9(12,13)14/h1-3H. The second-order valence-electron chi connectivity index (χ2n) is 3.10. The molecule has 1 heterocycles. The van der Waals surface area contributed by atoms with Gasteiger partial charge in [-0.3, -0.25) is 0 Å². The lowest BCUT2D eigenvalue weighted by molar-refractivity contribution is -0.274. The molecule has 0 atom stereocenters. The average molecular weight is 376 g/mol. The summed E-state index contributed by atoms with van der Waals surface area (Å²) < 4.78 is 52.8. The first-order valence-electron chi connectivity index (χ1n) is 4.56. The van der Waals surface area contributed by atoms with Gasteiger partial charge in [-0.15, -0.1) is 17.5 Å². The number of ether oxygens (including phenoxy) is 2. The van der Waals surface area contributed by atoms with Crippen molar-refractivity contribution in [3.8, 4) is 17.4 Å². The minimum absolute atomic E-state index is 0.0803. The van der Waals surface area contributed by atoms with Crippen LogP contribution in [0, 0.1) is 0 Å². The molecule has 0 aliphatic rings. The second-order valence-corrected chi connectivity index (χ2v) is 4.84. The first-order chi connectivity index (χ1) is 8.85. The van der Waals surface area contributed by atoms with Crippen molar-refractivity contribution in [2.24, 2.45) is 0 Å². The Kier molecular flexibility index (Phi) is 4.16. The zero-order chi connectivity index (χ0) is 14.0.